The van der Waals surface area contributed by atoms with Crippen molar-refractivity contribution in [1.82, 2.24) is 20.2 Å². The van der Waals surface area contributed by atoms with E-state index in [0.717, 1.165) is 37.7 Å². The Balaban J connectivity index is 0.00000312. The van der Waals surface area contributed by atoms with Crippen LogP contribution in [0.25, 0.3) is 0 Å². The zero-order chi connectivity index (χ0) is 17.2. The third-order valence-corrected chi connectivity index (χ3v) is 3.78. The van der Waals surface area contributed by atoms with Crippen molar-refractivity contribution in [3.63, 3.8) is 0 Å². The predicted molar refractivity (Wildman–Crippen MR) is 115 cm³/mol. The third-order valence-electron chi connectivity index (χ3n) is 3.78. The molecule has 0 saturated heterocycles. The molecule has 1 aromatic heterocycles. The van der Waals surface area contributed by atoms with Crippen LogP contribution >= 0.6 is 24.0 Å². The second-order valence-electron chi connectivity index (χ2n) is 6.33. The first-order valence-electron chi connectivity index (χ1n) is 8.67. The number of hydrogen-bond acceptors (Lipinski definition) is 2. The lowest BCUT2D eigenvalue weighted by atomic mass is 10.1. The van der Waals surface area contributed by atoms with Crippen LogP contribution in [0.3, 0.4) is 0 Å². The number of halogens is 1. The molecule has 2 N–H and O–H groups in total. The summed E-state index contributed by atoms with van der Waals surface area (Å²) in [5.74, 6) is 2.46. The number of imidazole rings is 1. The number of nitrogens with one attached hydrogen (secondary N) is 2. The van der Waals surface area contributed by atoms with E-state index in [1.165, 1.54) is 5.56 Å². The molecule has 138 valence electrons. The number of aliphatic imine (C=N–C) groups is 1. The molecule has 0 unspecified atom stereocenters. The van der Waals surface area contributed by atoms with Gasteiger partial charge < -0.3 is 15.2 Å². The highest BCUT2D eigenvalue weighted by molar-refractivity contribution is 14.0. The minimum absolute atomic E-state index is 0. The maximum absolute atomic E-state index is 4.43. The van der Waals surface area contributed by atoms with Gasteiger partial charge in [-0.25, -0.2) is 4.98 Å². The number of aromatic nitrogens is 2. The predicted octanol–water partition coefficient (Wildman–Crippen LogP) is 3.45. The molecule has 0 aliphatic heterocycles. The molecule has 5 nitrogen and oxygen atoms in total. The summed E-state index contributed by atoms with van der Waals surface area (Å²) in [6.07, 6.45) is 6.04. The standard InChI is InChI=1S/C19H29N5.HI/c1-16(2)15-24-13-12-21-18(24)14-23-19(20-3)22-11-7-10-17-8-5-4-6-9-17;/h4-6,8-9,12-13,16H,7,10-11,14-15H2,1-3H3,(H2,20,22,23);1H. The Bertz CT molecular complexity index is 622. The van der Waals surface area contributed by atoms with E-state index >= 15 is 0 Å². The van der Waals surface area contributed by atoms with E-state index < -0.39 is 0 Å². The van der Waals surface area contributed by atoms with Crippen LogP contribution in [0.1, 0.15) is 31.7 Å². The van der Waals surface area contributed by atoms with Gasteiger partial charge in [0.05, 0.1) is 6.54 Å². The lowest BCUT2D eigenvalue weighted by Gasteiger charge is -2.14. The monoisotopic (exact) mass is 455 g/mol. The van der Waals surface area contributed by atoms with Crippen LogP contribution in [-0.4, -0.2) is 29.1 Å². The highest BCUT2D eigenvalue weighted by Gasteiger charge is 2.05. The van der Waals surface area contributed by atoms with Crippen molar-refractivity contribution in [2.75, 3.05) is 13.6 Å². The van der Waals surface area contributed by atoms with Crippen molar-refractivity contribution in [3.05, 3.63) is 54.1 Å². The molecule has 0 atom stereocenters. The van der Waals surface area contributed by atoms with Gasteiger partial charge >= 0.3 is 0 Å². The molecule has 6 heteroatoms. The molecule has 0 saturated carbocycles. The van der Waals surface area contributed by atoms with E-state index in [4.69, 9.17) is 0 Å². The molecule has 0 spiro atoms. The van der Waals surface area contributed by atoms with Crippen LogP contribution in [0.5, 0.6) is 0 Å². The number of guanidine groups is 1. The highest BCUT2D eigenvalue weighted by Crippen LogP contribution is 2.04. The molecule has 2 rings (SSSR count). The summed E-state index contributed by atoms with van der Waals surface area (Å²) in [4.78, 5) is 8.71. The summed E-state index contributed by atoms with van der Waals surface area (Å²) >= 11 is 0. The van der Waals surface area contributed by atoms with Gasteiger partial charge in [0.15, 0.2) is 5.96 Å². The van der Waals surface area contributed by atoms with Crippen molar-refractivity contribution in [3.8, 4) is 0 Å². The number of aryl methyl sites for hydroxylation is 1. The number of nitrogens with zero attached hydrogens (tertiary/aromatic N) is 3. The Morgan fingerprint density at radius 3 is 2.64 bits per heavy atom. The van der Waals surface area contributed by atoms with E-state index in [-0.39, 0.29) is 24.0 Å². The minimum Gasteiger partial charge on any atom is -0.356 e. The first-order chi connectivity index (χ1) is 11.7. The zero-order valence-corrected chi connectivity index (χ0v) is 17.7. The highest BCUT2D eigenvalue weighted by atomic mass is 127. The molecule has 0 amide bonds. The van der Waals surface area contributed by atoms with Crippen LogP contribution in [0.4, 0.5) is 0 Å². The van der Waals surface area contributed by atoms with E-state index in [1.54, 1.807) is 7.05 Å². The topological polar surface area (TPSA) is 54.2 Å². The second-order valence-corrected chi connectivity index (χ2v) is 6.33. The van der Waals surface area contributed by atoms with Crippen molar-refractivity contribution in [2.45, 2.75) is 39.8 Å². The summed E-state index contributed by atoms with van der Waals surface area (Å²) < 4.78 is 2.19. The molecule has 1 aromatic carbocycles. The van der Waals surface area contributed by atoms with E-state index in [0.29, 0.717) is 12.5 Å². The molecule has 25 heavy (non-hydrogen) atoms. The molecule has 0 aliphatic rings. The molecule has 1 heterocycles. The molecule has 0 radical (unpaired) electrons. The molecular formula is C19H30IN5. The molecule has 0 fully saturated rings. The van der Waals surface area contributed by atoms with Gasteiger partial charge in [0.2, 0.25) is 0 Å². The van der Waals surface area contributed by atoms with Crippen molar-refractivity contribution >= 4 is 29.9 Å². The van der Waals surface area contributed by atoms with Crippen molar-refractivity contribution in [1.29, 1.82) is 0 Å². The minimum atomic E-state index is 0. The Morgan fingerprint density at radius 1 is 1.20 bits per heavy atom. The maximum atomic E-state index is 4.43. The van der Waals surface area contributed by atoms with Crippen LogP contribution < -0.4 is 10.6 Å². The fourth-order valence-electron chi connectivity index (χ4n) is 2.59. The van der Waals surface area contributed by atoms with Crippen molar-refractivity contribution < 1.29 is 0 Å². The van der Waals surface area contributed by atoms with Gasteiger partial charge in [0.1, 0.15) is 5.82 Å². The van der Waals surface area contributed by atoms with Gasteiger partial charge in [-0.15, -0.1) is 24.0 Å². The number of hydrogen-bond donors (Lipinski definition) is 2. The molecule has 2 aromatic rings. The Labute approximate surface area is 168 Å². The first-order valence-corrected chi connectivity index (χ1v) is 8.67. The average molecular weight is 455 g/mol. The molecular weight excluding hydrogens is 425 g/mol. The van der Waals surface area contributed by atoms with Crippen LogP contribution in [0.2, 0.25) is 0 Å². The number of rotatable bonds is 8. The van der Waals surface area contributed by atoms with Crippen LogP contribution in [0.15, 0.2) is 47.7 Å². The first kappa shape index (κ1) is 21.5. The van der Waals surface area contributed by atoms with Gasteiger partial charge in [-0.1, -0.05) is 44.2 Å². The van der Waals surface area contributed by atoms with E-state index in [1.807, 2.05) is 12.4 Å². The number of benzene rings is 1. The quantitative estimate of drug-likeness (QED) is 0.278. The van der Waals surface area contributed by atoms with Crippen molar-refractivity contribution in [2.24, 2.45) is 10.9 Å². The third kappa shape index (κ3) is 7.90. The summed E-state index contributed by atoms with van der Waals surface area (Å²) in [7, 11) is 1.80. The van der Waals surface area contributed by atoms with Crippen LogP contribution in [-0.2, 0) is 19.5 Å². The fourth-order valence-corrected chi connectivity index (χ4v) is 2.59. The Hall–Kier alpha value is -1.57. The normalized spacial score (nSPS) is 11.3. The maximum Gasteiger partial charge on any atom is 0.191 e. The van der Waals surface area contributed by atoms with Crippen LogP contribution in [0, 0.1) is 5.92 Å². The van der Waals surface area contributed by atoms with Gasteiger partial charge in [-0.2, -0.15) is 0 Å². The van der Waals surface area contributed by atoms with Gasteiger partial charge in [0, 0.05) is 32.5 Å². The Morgan fingerprint density at radius 2 is 1.96 bits per heavy atom. The molecule has 0 bridgehead atoms. The van der Waals surface area contributed by atoms with Gasteiger partial charge in [-0.3, -0.25) is 4.99 Å². The Kier molecular flexibility index (Phi) is 10.2. The average Bonchev–Trinajstić information content (AvgIpc) is 3.01. The van der Waals surface area contributed by atoms with E-state index in [2.05, 4.69) is 69.4 Å². The fraction of sp³-hybridized carbons (Fsp3) is 0.474. The smallest absolute Gasteiger partial charge is 0.191 e. The molecule has 0 aliphatic carbocycles. The summed E-state index contributed by atoms with van der Waals surface area (Å²) in [5.41, 5.74) is 1.37. The summed E-state index contributed by atoms with van der Waals surface area (Å²) in [6.45, 7) is 6.99. The summed E-state index contributed by atoms with van der Waals surface area (Å²) in [5, 5.41) is 6.70. The second kappa shape index (κ2) is 11.9. The lowest BCUT2D eigenvalue weighted by molar-refractivity contribution is 0.503. The van der Waals surface area contributed by atoms with Gasteiger partial charge in [-0.05, 0) is 24.3 Å². The van der Waals surface area contributed by atoms with E-state index in [9.17, 15) is 0 Å². The SMILES string of the molecule is CN=C(NCCCc1ccccc1)NCc1nccn1CC(C)C.I. The summed E-state index contributed by atoms with van der Waals surface area (Å²) in [6, 6.07) is 10.6. The zero-order valence-electron chi connectivity index (χ0n) is 15.4. The van der Waals surface area contributed by atoms with Gasteiger partial charge in [0.25, 0.3) is 0 Å². The lowest BCUT2D eigenvalue weighted by Crippen LogP contribution is -2.38. The largest absolute Gasteiger partial charge is 0.356 e.